The van der Waals surface area contributed by atoms with Gasteiger partial charge >= 0.3 is 0 Å². The Kier molecular flexibility index (Phi) is 6.32. The zero-order chi connectivity index (χ0) is 20.3. The van der Waals surface area contributed by atoms with Crippen LogP contribution in [0.5, 0.6) is 17.2 Å². The van der Waals surface area contributed by atoms with Crippen molar-refractivity contribution in [3.63, 3.8) is 0 Å². The number of ether oxygens (including phenoxy) is 2. The number of nitrogens with one attached hydrogen (secondary N) is 1. The summed E-state index contributed by atoms with van der Waals surface area (Å²) < 4.78 is 11.4. The van der Waals surface area contributed by atoms with Crippen LogP contribution in [0.15, 0.2) is 48.5 Å². The van der Waals surface area contributed by atoms with Crippen LogP contribution < -0.4 is 14.8 Å². The van der Waals surface area contributed by atoms with Gasteiger partial charge in [0.25, 0.3) is 0 Å². The van der Waals surface area contributed by atoms with E-state index in [1.807, 2.05) is 44.2 Å². The van der Waals surface area contributed by atoms with E-state index < -0.39 is 0 Å². The largest absolute Gasteiger partial charge is 0.492 e. The van der Waals surface area contributed by atoms with Gasteiger partial charge in [0.05, 0.1) is 12.6 Å². The van der Waals surface area contributed by atoms with Gasteiger partial charge in [0.15, 0.2) is 0 Å². The molecule has 0 bridgehead atoms. The fourth-order valence-electron chi connectivity index (χ4n) is 2.95. The van der Waals surface area contributed by atoms with Crippen molar-refractivity contribution in [3.8, 4) is 17.2 Å². The molecule has 0 radical (unpaired) electrons. The maximum absolute atomic E-state index is 11.3. The summed E-state index contributed by atoms with van der Waals surface area (Å²) >= 11 is 12.6. The lowest BCUT2D eigenvalue weighted by Crippen LogP contribution is -2.23. The van der Waals surface area contributed by atoms with E-state index in [0.29, 0.717) is 33.9 Å². The van der Waals surface area contributed by atoms with Crippen LogP contribution in [-0.2, 0) is 4.79 Å². The van der Waals surface area contributed by atoms with Crippen LogP contribution in [0.1, 0.15) is 32.4 Å². The zero-order valence-corrected chi connectivity index (χ0v) is 17.4. The summed E-state index contributed by atoms with van der Waals surface area (Å²) in [4.78, 5) is 11.3. The first-order chi connectivity index (χ1) is 13.4. The van der Waals surface area contributed by atoms with Crippen molar-refractivity contribution < 1.29 is 14.3 Å². The third kappa shape index (κ3) is 4.51. The Labute approximate surface area is 174 Å². The number of rotatable bonds is 6. The molecule has 6 heteroatoms. The average Bonchev–Trinajstić information content (AvgIpc) is 2.67. The average molecular weight is 418 g/mol. The summed E-state index contributed by atoms with van der Waals surface area (Å²) in [5, 5.41) is 5.61. The second-order valence-corrected chi connectivity index (χ2v) is 7.17. The molecule has 3 rings (SSSR count). The van der Waals surface area contributed by atoms with Crippen molar-refractivity contribution in [3.05, 3.63) is 64.1 Å². The molecule has 0 heterocycles. The lowest BCUT2D eigenvalue weighted by Gasteiger charge is -2.14. The van der Waals surface area contributed by atoms with E-state index in [1.165, 1.54) is 6.92 Å². The van der Waals surface area contributed by atoms with E-state index in [2.05, 4.69) is 11.4 Å². The summed E-state index contributed by atoms with van der Waals surface area (Å²) in [6, 6.07) is 15.3. The summed E-state index contributed by atoms with van der Waals surface area (Å²) in [6.45, 7) is 5.85. The second kappa shape index (κ2) is 8.72. The number of fused-ring (bicyclic) bond motifs is 1. The van der Waals surface area contributed by atoms with Crippen molar-refractivity contribution in [2.75, 3.05) is 6.61 Å². The van der Waals surface area contributed by atoms with E-state index in [1.54, 1.807) is 12.1 Å². The van der Waals surface area contributed by atoms with Gasteiger partial charge in [-0.05, 0) is 60.5 Å². The van der Waals surface area contributed by atoms with Crippen LogP contribution in [0.2, 0.25) is 10.0 Å². The molecule has 0 aliphatic carbocycles. The Balaban J connectivity index is 1.85. The monoisotopic (exact) mass is 417 g/mol. The van der Waals surface area contributed by atoms with Crippen molar-refractivity contribution in [2.45, 2.75) is 26.8 Å². The molecule has 0 spiro atoms. The number of hydrogen-bond donors (Lipinski definition) is 1. The van der Waals surface area contributed by atoms with Gasteiger partial charge in [0, 0.05) is 6.92 Å². The normalized spacial score (nSPS) is 11.9. The maximum Gasteiger partial charge on any atom is 0.217 e. The van der Waals surface area contributed by atoms with Crippen molar-refractivity contribution in [1.29, 1.82) is 0 Å². The van der Waals surface area contributed by atoms with Crippen LogP contribution in [-0.4, -0.2) is 12.5 Å². The first kappa shape index (κ1) is 20.3. The minimum absolute atomic E-state index is 0.0531. The van der Waals surface area contributed by atoms with Gasteiger partial charge in [-0.25, -0.2) is 0 Å². The molecule has 0 saturated heterocycles. The summed E-state index contributed by atoms with van der Waals surface area (Å²) in [5.41, 5.74) is 1.04. The summed E-state index contributed by atoms with van der Waals surface area (Å²) in [5.74, 6) is 1.59. The van der Waals surface area contributed by atoms with Gasteiger partial charge in [-0.15, -0.1) is 0 Å². The number of carbonyl (C=O) groups excluding carboxylic acids is 1. The Morgan fingerprint density at radius 1 is 1.00 bits per heavy atom. The molecule has 0 aliphatic rings. The molecule has 0 saturated carbocycles. The van der Waals surface area contributed by atoms with Crippen LogP contribution in [0.4, 0.5) is 0 Å². The fraction of sp³-hybridized carbons (Fsp3) is 0.227. The van der Waals surface area contributed by atoms with Gasteiger partial charge in [-0.2, -0.15) is 0 Å². The molecule has 146 valence electrons. The smallest absolute Gasteiger partial charge is 0.217 e. The summed E-state index contributed by atoms with van der Waals surface area (Å²) in [6.07, 6.45) is 0. The number of benzene rings is 3. The Morgan fingerprint density at radius 2 is 1.64 bits per heavy atom. The Bertz CT molecular complexity index is 1020. The Morgan fingerprint density at radius 3 is 2.36 bits per heavy atom. The SMILES string of the molecule is CCOc1ccc(Oc2ccc3cc(C(C)NC(C)=O)ccc3c2)c(Cl)c1Cl. The van der Waals surface area contributed by atoms with E-state index in [9.17, 15) is 4.79 Å². The topological polar surface area (TPSA) is 47.6 Å². The first-order valence-corrected chi connectivity index (χ1v) is 9.74. The highest BCUT2D eigenvalue weighted by Gasteiger charge is 2.13. The Hall–Kier alpha value is -2.43. The molecular weight excluding hydrogens is 397 g/mol. The minimum Gasteiger partial charge on any atom is -0.492 e. The van der Waals surface area contributed by atoms with Gasteiger partial charge in [0.1, 0.15) is 27.3 Å². The van der Waals surface area contributed by atoms with Crippen LogP contribution in [0.25, 0.3) is 10.8 Å². The van der Waals surface area contributed by atoms with E-state index in [4.69, 9.17) is 32.7 Å². The van der Waals surface area contributed by atoms with Gasteiger partial charge in [-0.1, -0.05) is 41.4 Å². The molecule has 28 heavy (non-hydrogen) atoms. The zero-order valence-electron chi connectivity index (χ0n) is 15.9. The second-order valence-electron chi connectivity index (χ2n) is 6.42. The van der Waals surface area contributed by atoms with Crippen molar-refractivity contribution in [1.82, 2.24) is 5.32 Å². The predicted molar refractivity (Wildman–Crippen MR) is 114 cm³/mol. The van der Waals surface area contributed by atoms with Crippen molar-refractivity contribution >= 4 is 39.9 Å². The molecule has 1 atom stereocenters. The summed E-state index contributed by atoms with van der Waals surface area (Å²) in [7, 11) is 0. The van der Waals surface area contributed by atoms with Crippen LogP contribution >= 0.6 is 23.2 Å². The number of carbonyl (C=O) groups is 1. The van der Waals surface area contributed by atoms with Gasteiger partial charge in [-0.3, -0.25) is 4.79 Å². The molecule has 0 fully saturated rings. The first-order valence-electron chi connectivity index (χ1n) is 8.98. The minimum atomic E-state index is -0.0535. The van der Waals surface area contributed by atoms with Crippen LogP contribution in [0, 0.1) is 0 Å². The lowest BCUT2D eigenvalue weighted by atomic mass is 10.0. The highest BCUT2D eigenvalue weighted by Crippen LogP contribution is 2.41. The third-order valence-electron chi connectivity index (χ3n) is 4.29. The van der Waals surface area contributed by atoms with Gasteiger partial charge < -0.3 is 14.8 Å². The molecule has 1 unspecified atom stereocenters. The number of amides is 1. The van der Waals surface area contributed by atoms with Crippen LogP contribution in [0.3, 0.4) is 0 Å². The maximum atomic E-state index is 11.3. The van der Waals surface area contributed by atoms with E-state index in [-0.39, 0.29) is 11.9 Å². The molecule has 1 amide bonds. The van der Waals surface area contributed by atoms with Gasteiger partial charge in [0.2, 0.25) is 5.91 Å². The molecule has 3 aromatic rings. The highest BCUT2D eigenvalue weighted by molar-refractivity contribution is 6.43. The van der Waals surface area contributed by atoms with Crippen molar-refractivity contribution in [2.24, 2.45) is 0 Å². The third-order valence-corrected chi connectivity index (χ3v) is 5.14. The number of hydrogen-bond acceptors (Lipinski definition) is 3. The number of halogens is 2. The quantitative estimate of drug-likeness (QED) is 0.495. The van der Waals surface area contributed by atoms with E-state index in [0.717, 1.165) is 16.3 Å². The fourth-order valence-corrected chi connectivity index (χ4v) is 3.36. The standard InChI is InChI=1S/C22H21Cl2NO3/c1-4-27-19-9-10-20(22(24)21(19)23)28-18-8-7-16-11-15(5-6-17(16)12-18)13(2)25-14(3)26/h5-13H,4H2,1-3H3,(H,25,26). The molecule has 0 aliphatic heterocycles. The lowest BCUT2D eigenvalue weighted by molar-refractivity contribution is -0.119. The molecule has 1 N–H and O–H groups in total. The molecule has 3 aromatic carbocycles. The van der Waals surface area contributed by atoms with E-state index >= 15 is 0 Å². The molecule has 4 nitrogen and oxygen atoms in total. The molecule has 0 aromatic heterocycles. The molecular formula is C22H21Cl2NO3. The predicted octanol–water partition coefficient (Wildman–Crippen LogP) is 6.53. The highest BCUT2D eigenvalue weighted by atomic mass is 35.5.